The lowest BCUT2D eigenvalue weighted by molar-refractivity contribution is -0.384. The highest BCUT2D eigenvalue weighted by Crippen LogP contribution is 2.30. The van der Waals surface area contributed by atoms with E-state index in [1.807, 2.05) is 0 Å². The van der Waals surface area contributed by atoms with Gasteiger partial charge in [-0.2, -0.15) is 0 Å². The Bertz CT molecular complexity index is 472. The zero-order chi connectivity index (χ0) is 11.7. The number of nitrogen functional groups attached to an aromatic ring is 1. The minimum atomic E-state index is -0.602. The third kappa shape index (κ3) is 1.62. The van der Waals surface area contributed by atoms with Gasteiger partial charge in [-0.1, -0.05) is 0 Å². The molecule has 0 saturated heterocycles. The van der Waals surface area contributed by atoms with E-state index in [1.54, 1.807) is 0 Å². The van der Waals surface area contributed by atoms with E-state index < -0.39 is 10.9 Å². The van der Waals surface area contributed by atoms with E-state index in [-0.39, 0.29) is 23.5 Å². The SMILES string of the molecule is Nc1cc([N+](=O)[O-])cc2c1NCCOC2=O. The first-order valence-electron chi connectivity index (χ1n) is 4.58. The molecule has 7 nitrogen and oxygen atoms in total. The van der Waals surface area contributed by atoms with E-state index >= 15 is 0 Å². The number of esters is 1. The van der Waals surface area contributed by atoms with Crippen molar-refractivity contribution in [3.05, 3.63) is 27.8 Å². The highest BCUT2D eigenvalue weighted by atomic mass is 16.6. The van der Waals surface area contributed by atoms with Crippen molar-refractivity contribution >= 4 is 23.0 Å². The van der Waals surface area contributed by atoms with Crippen molar-refractivity contribution in [1.82, 2.24) is 0 Å². The molecular formula is C9H9N3O4. The first kappa shape index (κ1) is 10.2. The first-order chi connectivity index (χ1) is 7.59. The Hall–Kier alpha value is -2.31. The third-order valence-electron chi connectivity index (χ3n) is 2.22. The zero-order valence-electron chi connectivity index (χ0n) is 8.23. The highest BCUT2D eigenvalue weighted by Gasteiger charge is 2.22. The Labute approximate surface area is 90.3 Å². The second-order valence-corrected chi connectivity index (χ2v) is 3.28. The molecule has 3 N–H and O–H groups in total. The van der Waals surface area contributed by atoms with Crippen LogP contribution in [0.3, 0.4) is 0 Å². The van der Waals surface area contributed by atoms with E-state index in [1.165, 1.54) is 6.07 Å². The molecule has 0 bridgehead atoms. The molecule has 0 aromatic heterocycles. The predicted molar refractivity (Wildman–Crippen MR) is 56.3 cm³/mol. The summed E-state index contributed by atoms with van der Waals surface area (Å²) >= 11 is 0. The summed E-state index contributed by atoms with van der Waals surface area (Å²) in [5.41, 5.74) is 6.08. The van der Waals surface area contributed by atoms with Gasteiger partial charge in [-0.25, -0.2) is 4.79 Å². The van der Waals surface area contributed by atoms with Gasteiger partial charge in [-0.3, -0.25) is 10.1 Å². The maximum absolute atomic E-state index is 11.5. The average molecular weight is 223 g/mol. The number of non-ortho nitro benzene ring substituents is 1. The lowest BCUT2D eigenvalue weighted by Crippen LogP contribution is -2.06. The van der Waals surface area contributed by atoms with Gasteiger partial charge in [0, 0.05) is 18.7 Å². The molecule has 16 heavy (non-hydrogen) atoms. The Morgan fingerprint density at radius 3 is 2.94 bits per heavy atom. The van der Waals surface area contributed by atoms with E-state index in [2.05, 4.69) is 5.32 Å². The topological polar surface area (TPSA) is 107 Å². The molecule has 0 unspecified atom stereocenters. The predicted octanol–water partition coefficient (Wildman–Crippen LogP) is 0.759. The van der Waals surface area contributed by atoms with Crippen LogP contribution in [0.25, 0.3) is 0 Å². The summed E-state index contributed by atoms with van der Waals surface area (Å²) in [5, 5.41) is 13.5. The second kappa shape index (κ2) is 3.69. The number of nitrogens with two attached hydrogens (primary N) is 1. The van der Waals surface area contributed by atoms with Crippen molar-refractivity contribution in [3.8, 4) is 0 Å². The van der Waals surface area contributed by atoms with Crippen LogP contribution in [-0.4, -0.2) is 24.0 Å². The van der Waals surface area contributed by atoms with Crippen LogP contribution >= 0.6 is 0 Å². The fraction of sp³-hybridized carbons (Fsp3) is 0.222. The zero-order valence-corrected chi connectivity index (χ0v) is 8.23. The summed E-state index contributed by atoms with van der Waals surface area (Å²) in [6.45, 7) is 0.640. The normalized spacial score (nSPS) is 14.4. The van der Waals surface area contributed by atoms with Crippen LogP contribution in [0.4, 0.5) is 17.1 Å². The number of hydrogen-bond donors (Lipinski definition) is 2. The minimum absolute atomic E-state index is 0.101. The number of nitro benzene ring substituents is 1. The van der Waals surface area contributed by atoms with Crippen LogP contribution in [0.2, 0.25) is 0 Å². The lowest BCUT2D eigenvalue weighted by Gasteiger charge is -2.07. The molecule has 1 aromatic rings. The summed E-state index contributed by atoms with van der Waals surface area (Å²) < 4.78 is 4.84. The van der Waals surface area contributed by atoms with Gasteiger partial charge in [-0.15, -0.1) is 0 Å². The van der Waals surface area contributed by atoms with Crippen LogP contribution in [0, 0.1) is 10.1 Å². The van der Waals surface area contributed by atoms with E-state index in [0.29, 0.717) is 12.2 Å². The number of carbonyl (C=O) groups is 1. The third-order valence-corrected chi connectivity index (χ3v) is 2.22. The van der Waals surface area contributed by atoms with Gasteiger partial charge < -0.3 is 15.8 Å². The molecule has 1 aromatic carbocycles. The monoisotopic (exact) mass is 223 g/mol. The summed E-state index contributed by atoms with van der Waals surface area (Å²) in [5.74, 6) is -0.601. The average Bonchev–Trinajstić information content (AvgIpc) is 2.41. The number of nitrogens with one attached hydrogen (secondary N) is 1. The number of carbonyl (C=O) groups excluding carboxylic acids is 1. The van der Waals surface area contributed by atoms with Gasteiger partial charge in [0.2, 0.25) is 0 Å². The Balaban J connectivity index is 2.59. The Kier molecular flexibility index (Phi) is 2.35. The van der Waals surface area contributed by atoms with Crippen molar-refractivity contribution in [2.24, 2.45) is 0 Å². The number of ether oxygens (including phenoxy) is 1. The standard InChI is InChI=1S/C9H9N3O4/c10-7-4-5(12(14)15)3-6-8(7)11-1-2-16-9(6)13/h3-4,11H,1-2,10H2. The summed E-state index contributed by atoms with van der Waals surface area (Å²) in [6, 6.07) is 2.37. The van der Waals surface area contributed by atoms with Crippen LogP contribution in [0.1, 0.15) is 10.4 Å². The lowest BCUT2D eigenvalue weighted by atomic mass is 10.1. The number of rotatable bonds is 1. The maximum atomic E-state index is 11.5. The molecule has 0 amide bonds. The van der Waals surface area contributed by atoms with Crippen LogP contribution in [-0.2, 0) is 4.74 Å². The molecule has 0 atom stereocenters. The van der Waals surface area contributed by atoms with Gasteiger partial charge in [0.25, 0.3) is 5.69 Å². The molecule has 0 aliphatic carbocycles. The second-order valence-electron chi connectivity index (χ2n) is 3.28. The van der Waals surface area contributed by atoms with Crippen LogP contribution < -0.4 is 11.1 Å². The number of benzene rings is 1. The Morgan fingerprint density at radius 2 is 2.25 bits per heavy atom. The van der Waals surface area contributed by atoms with E-state index in [4.69, 9.17) is 10.5 Å². The van der Waals surface area contributed by atoms with Crippen molar-refractivity contribution < 1.29 is 14.5 Å². The van der Waals surface area contributed by atoms with E-state index in [0.717, 1.165) is 6.07 Å². The number of hydrogen-bond acceptors (Lipinski definition) is 6. The number of nitro groups is 1. The molecular weight excluding hydrogens is 214 g/mol. The molecule has 0 spiro atoms. The number of anilines is 2. The fourth-order valence-electron chi connectivity index (χ4n) is 1.51. The smallest absolute Gasteiger partial charge is 0.340 e. The summed E-state index contributed by atoms with van der Waals surface area (Å²) in [6.07, 6.45) is 0. The van der Waals surface area contributed by atoms with Crippen molar-refractivity contribution in [3.63, 3.8) is 0 Å². The van der Waals surface area contributed by atoms with Crippen molar-refractivity contribution in [2.75, 3.05) is 24.2 Å². The molecule has 1 aliphatic heterocycles. The molecule has 7 heteroatoms. The van der Waals surface area contributed by atoms with Crippen LogP contribution in [0.15, 0.2) is 12.1 Å². The Morgan fingerprint density at radius 1 is 1.50 bits per heavy atom. The fourth-order valence-corrected chi connectivity index (χ4v) is 1.51. The molecule has 0 saturated carbocycles. The van der Waals surface area contributed by atoms with Crippen molar-refractivity contribution in [1.29, 1.82) is 0 Å². The molecule has 1 aliphatic rings. The largest absolute Gasteiger partial charge is 0.460 e. The van der Waals surface area contributed by atoms with E-state index in [9.17, 15) is 14.9 Å². The molecule has 2 rings (SSSR count). The molecule has 0 fully saturated rings. The maximum Gasteiger partial charge on any atom is 0.340 e. The van der Waals surface area contributed by atoms with Crippen LogP contribution in [0.5, 0.6) is 0 Å². The van der Waals surface area contributed by atoms with Gasteiger partial charge in [0.15, 0.2) is 0 Å². The van der Waals surface area contributed by atoms with Gasteiger partial charge in [0.05, 0.1) is 21.9 Å². The van der Waals surface area contributed by atoms with Gasteiger partial charge in [0.1, 0.15) is 6.61 Å². The number of fused-ring (bicyclic) bond motifs is 1. The number of nitrogens with zero attached hydrogens (tertiary/aromatic N) is 1. The number of cyclic esters (lactones) is 1. The first-order valence-corrected chi connectivity index (χ1v) is 4.58. The minimum Gasteiger partial charge on any atom is -0.460 e. The summed E-state index contributed by atoms with van der Waals surface area (Å²) in [4.78, 5) is 21.5. The van der Waals surface area contributed by atoms with Crippen molar-refractivity contribution in [2.45, 2.75) is 0 Å². The molecule has 1 heterocycles. The quantitative estimate of drug-likeness (QED) is 0.315. The summed E-state index contributed by atoms with van der Waals surface area (Å²) in [7, 11) is 0. The van der Waals surface area contributed by atoms with Gasteiger partial charge in [-0.05, 0) is 0 Å². The molecule has 84 valence electrons. The van der Waals surface area contributed by atoms with Gasteiger partial charge >= 0.3 is 5.97 Å². The molecule has 0 radical (unpaired) electrons. The highest BCUT2D eigenvalue weighted by molar-refractivity contribution is 6.00.